The number of carboxylic acids is 2. The van der Waals surface area contributed by atoms with E-state index in [9.17, 15) is 9.59 Å². The maximum absolute atomic E-state index is 11.1. The van der Waals surface area contributed by atoms with Gasteiger partial charge in [-0.15, -0.1) is 0 Å². The standard InChI is InChI=1S/C14H13NO4/c1-8-6-12(14(18)19)9(2)15(8)11-5-3-4-10(7-11)13(16)17/h3-7H,1-2H3,(H,16,17)(H,18,19). The highest BCUT2D eigenvalue weighted by atomic mass is 16.4. The van der Waals surface area contributed by atoms with Crippen LogP contribution < -0.4 is 0 Å². The predicted molar refractivity (Wildman–Crippen MR) is 69.2 cm³/mol. The molecular weight excluding hydrogens is 246 g/mol. The van der Waals surface area contributed by atoms with E-state index in [1.165, 1.54) is 12.1 Å². The van der Waals surface area contributed by atoms with Crippen LogP contribution >= 0.6 is 0 Å². The van der Waals surface area contributed by atoms with Gasteiger partial charge in [0.05, 0.1) is 11.1 Å². The number of aromatic carboxylic acids is 2. The maximum atomic E-state index is 11.1. The van der Waals surface area contributed by atoms with Crippen LogP contribution in [0.2, 0.25) is 0 Å². The van der Waals surface area contributed by atoms with E-state index in [2.05, 4.69) is 0 Å². The molecule has 2 rings (SSSR count). The SMILES string of the molecule is Cc1cc(C(=O)O)c(C)n1-c1cccc(C(=O)O)c1. The Morgan fingerprint density at radius 3 is 2.26 bits per heavy atom. The molecule has 0 fully saturated rings. The second-order valence-electron chi connectivity index (χ2n) is 4.28. The molecule has 98 valence electrons. The monoisotopic (exact) mass is 259 g/mol. The van der Waals surface area contributed by atoms with Crippen molar-refractivity contribution in [3.63, 3.8) is 0 Å². The largest absolute Gasteiger partial charge is 0.478 e. The average Bonchev–Trinajstić information content (AvgIpc) is 2.65. The number of hydrogen-bond donors (Lipinski definition) is 2. The topological polar surface area (TPSA) is 79.5 Å². The van der Waals surface area contributed by atoms with E-state index in [-0.39, 0.29) is 11.1 Å². The Bertz CT molecular complexity index is 670. The molecule has 0 aliphatic heterocycles. The molecule has 1 aromatic carbocycles. The van der Waals surface area contributed by atoms with Gasteiger partial charge in [-0.3, -0.25) is 0 Å². The number of carbonyl (C=O) groups is 2. The van der Waals surface area contributed by atoms with Gasteiger partial charge in [-0.25, -0.2) is 9.59 Å². The summed E-state index contributed by atoms with van der Waals surface area (Å²) in [6.07, 6.45) is 0. The van der Waals surface area contributed by atoms with Crippen molar-refractivity contribution >= 4 is 11.9 Å². The highest BCUT2D eigenvalue weighted by Crippen LogP contribution is 2.21. The fraction of sp³-hybridized carbons (Fsp3) is 0.143. The van der Waals surface area contributed by atoms with Crippen molar-refractivity contribution in [2.24, 2.45) is 0 Å². The lowest BCUT2D eigenvalue weighted by atomic mass is 10.2. The summed E-state index contributed by atoms with van der Waals surface area (Å²) in [7, 11) is 0. The number of nitrogens with zero attached hydrogens (tertiary/aromatic N) is 1. The first-order chi connectivity index (χ1) is 8.91. The Hall–Kier alpha value is -2.56. The smallest absolute Gasteiger partial charge is 0.337 e. The van der Waals surface area contributed by atoms with Gasteiger partial charge in [0.2, 0.25) is 0 Å². The minimum atomic E-state index is -1.01. The van der Waals surface area contributed by atoms with Crippen LogP contribution in [0, 0.1) is 13.8 Å². The summed E-state index contributed by atoms with van der Waals surface area (Å²) in [6, 6.07) is 7.98. The molecule has 5 heteroatoms. The van der Waals surface area contributed by atoms with E-state index in [4.69, 9.17) is 10.2 Å². The molecule has 0 unspecified atom stereocenters. The molecule has 0 bridgehead atoms. The normalized spacial score (nSPS) is 10.4. The van der Waals surface area contributed by atoms with Gasteiger partial charge >= 0.3 is 11.9 Å². The van der Waals surface area contributed by atoms with E-state index >= 15 is 0 Å². The van der Waals surface area contributed by atoms with Crippen molar-refractivity contribution in [1.29, 1.82) is 0 Å². The average molecular weight is 259 g/mol. The Balaban J connectivity index is 2.62. The number of carboxylic acid groups (broad SMARTS) is 2. The molecule has 5 nitrogen and oxygen atoms in total. The third-order valence-electron chi connectivity index (χ3n) is 3.01. The van der Waals surface area contributed by atoms with Crippen molar-refractivity contribution in [2.75, 3.05) is 0 Å². The zero-order valence-corrected chi connectivity index (χ0v) is 10.5. The van der Waals surface area contributed by atoms with Crippen LogP contribution in [0.3, 0.4) is 0 Å². The zero-order chi connectivity index (χ0) is 14.2. The first kappa shape index (κ1) is 12.9. The van der Waals surface area contributed by atoms with Crippen LogP contribution in [0.4, 0.5) is 0 Å². The molecule has 0 aliphatic carbocycles. The molecule has 0 aliphatic rings. The second kappa shape index (κ2) is 4.61. The van der Waals surface area contributed by atoms with Crippen molar-refractivity contribution in [3.8, 4) is 5.69 Å². The van der Waals surface area contributed by atoms with E-state index in [0.29, 0.717) is 11.4 Å². The number of benzene rings is 1. The van der Waals surface area contributed by atoms with Gasteiger partial charge in [-0.05, 0) is 38.1 Å². The highest BCUT2D eigenvalue weighted by molar-refractivity contribution is 5.90. The minimum absolute atomic E-state index is 0.168. The molecule has 1 heterocycles. The van der Waals surface area contributed by atoms with Gasteiger partial charge in [0.25, 0.3) is 0 Å². The third kappa shape index (κ3) is 2.22. The molecule has 1 aromatic heterocycles. The number of aryl methyl sites for hydroxylation is 1. The van der Waals surface area contributed by atoms with Crippen LogP contribution in [-0.2, 0) is 0 Å². The molecule has 2 N–H and O–H groups in total. The third-order valence-corrected chi connectivity index (χ3v) is 3.01. The van der Waals surface area contributed by atoms with E-state index in [1.807, 2.05) is 0 Å². The molecule has 19 heavy (non-hydrogen) atoms. The quantitative estimate of drug-likeness (QED) is 0.887. The van der Waals surface area contributed by atoms with E-state index in [0.717, 1.165) is 5.69 Å². The first-order valence-corrected chi connectivity index (χ1v) is 5.67. The molecule has 2 aromatic rings. The maximum Gasteiger partial charge on any atom is 0.337 e. The molecule has 0 saturated heterocycles. The van der Waals surface area contributed by atoms with Crippen molar-refractivity contribution in [1.82, 2.24) is 4.57 Å². The van der Waals surface area contributed by atoms with Crippen LogP contribution in [0.5, 0.6) is 0 Å². The predicted octanol–water partition coefficient (Wildman–Crippen LogP) is 2.49. The van der Waals surface area contributed by atoms with Gasteiger partial charge in [0.1, 0.15) is 0 Å². The second-order valence-corrected chi connectivity index (χ2v) is 4.28. The Morgan fingerprint density at radius 2 is 1.74 bits per heavy atom. The van der Waals surface area contributed by atoms with Crippen LogP contribution in [0.1, 0.15) is 32.1 Å². The summed E-state index contributed by atoms with van der Waals surface area (Å²) in [5.41, 5.74) is 2.35. The lowest BCUT2D eigenvalue weighted by Gasteiger charge is -2.10. The summed E-state index contributed by atoms with van der Waals surface area (Å²) in [6.45, 7) is 3.48. The summed E-state index contributed by atoms with van der Waals surface area (Å²) in [5.74, 6) is -2.00. The van der Waals surface area contributed by atoms with E-state index in [1.54, 1.807) is 36.6 Å². The summed E-state index contributed by atoms with van der Waals surface area (Å²) >= 11 is 0. The van der Waals surface area contributed by atoms with Crippen LogP contribution in [0.15, 0.2) is 30.3 Å². The van der Waals surface area contributed by atoms with Crippen LogP contribution in [-0.4, -0.2) is 26.7 Å². The summed E-state index contributed by atoms with van der Waals surface area (Å²) < 4.78 is 1.73. The molecule has 0 amide bonds. The minimum Gasteiger partial charge on any atom is -0.478 e. The van der Waals surface area contributed by atoms with Gasteiger partial charge < -0.3 is 14.8 Å². The Morgan fingerprint density at radius 1 is 1.05 bits per heavy atom. The van der Waals surface area contributed by atoms with Gasteiger partial charge in [0.15, 0.2) is 0 Å². The molecule has 0 radical (unpaired) electrons. The zero-order valence-electron chi connectivity index (χ0n) is 10.5. The molecular formula is C14H13NO4. The van der Waals surface area contributed by atoms with Crippen molar-refractivity contribution in [2.45, 2.75) is 13.8 Å². The Labute approximate surface area is 109 Å². The number of hydrogen-bond acceptors (Lipinski definition) is 2. The number of aromatic nitrogens is 1. The molecule has 0 spiro atoms. The van der Waals surface area contributed by atoms with Crippen LogP contribution in [0.25, 0.3) is 5.69 Å². The molecule has 0 saturated carbocycles. The van der Waals surface area contributed by atoms with Gasteiger partial charge in [-0.2, -0.15) is 0 Å². The molecule has 0 atom stereocenters. The lowest BCUT2D eigenvalue weighted by molar-refractivity contribution is 0.0685. The summed E-state index contributed by atoms with van der Waals surface area (Å²) in [5, 5.41) is 18.1. The van der Waals surface area contributed by atoms with Crippen molar-refractivity contribution in [3.05, 3.63) is 52.8 Å². The first-order valence-electron chi connectivity index (χ1n) is 5.67. The van der Waals surface area contributed by atoms with Crippen molar-refractivity contribution < 1.29 is 19.8 Å². The summed E-state index contributed by atoms with van der Waals surface area (Å²) in [4.78, 5) is 22.1. The van der Waals surface area contributed by atoms with E-state index < -0.39 is 11.9 Å². The fourth-order valence-corrected chi connectivity index (χ4v) is 2.15. The lowest BCUT2D eigenvalue weighted by Crippen LogP contribution is -2.04. The Kier molecular flexibility index (Phi) is 3.12. The van der Waals surface area contributed by atoms with Gasteiger partial charge in [-0.1, -0.05) is 6.07 Å². The number of rotatable bonds is 3. The van der Waals surface area contributed by atoms with Gasteiger partial charge in [0, 0.05) is 17.1 Å². The highest BCUT2D eigenvalue weighted by Gasteiger charge is 2.16. The fourth-order valence-electron chi connectivity index (χ4n) is 2.15.